The van der Waals surface area contributed by atoms with E-state index in [4.69, 9.17) is 4.74 Å². The number of carbonyl (C=O) groups is 2. The molecule has 214 valence electrons. The monoisotopic (exact) mass is 572 g/mol. The van der Waals surface area contributed by atoms with Gasteiger partial charge < -0.3 is 30.2 Å². The van der Waals surface area contributed by atoms with Crippen molar-refractivity contribution in [2.75, 3.05) is 37.6 Å². The zero-order valence-corrected chi connectivity index (χ0v) is 23.8. The molecule has 41 heavy (non-hydrogen) atoms. The fraction of sp³-hybridized carbons (Fsp3) is 0.323. The van der Waals surface area contributed by atoms with E-state index in [9.17, 15) is 9.59 Å². The lowest BCUT2D eigenvalue weighted by Gasteiger charge is -2.38. The number of aromatic amines is 1. The van der Waals surface area contributed by atoms with Gasteiger partial charge in [0.25, 0.3) is 0 Å². The Labute approximate surface area is 244 Å². The summed E-state index contributed by atoms with van der Waals surface area (Å²) in [6.07, 6.45) is 3.94. The molecule has 1 aliphatic rings. The molecule has 2 aromatic carbocycles. The van der Waals surface area contributed by atoms with E-state index in [1.54, 1.807) is 23.9 Å². The van der Waals surface area contributed by atoms with Gasteiger partial charge in [0.2, 0.25) is 5.91 Å². The van der Waals surface area contributed by atoms with Gasteiger partial charge in [-0.2, -0.15) is 0 Å². The van der Waals surface area contributed by atoms with E-state index in [2.05, 4.69) is 67.3 Å². The van der Waals surface area contributed by atoms with Gasteiger partial charge in [0, 0.05) is 68.1 Å². The highest BCUT2D eigenvalue weighted by Crippen LogP contribution is 2.22. The number of imidazole rings is 1. The van der Waals surface area contributed by atoms with Crippen LogP contribution in [0.3, 0.4) is 0 Å². The van der Waals surface area contributed by atoms with Crippen molar-refractivity contribution in [2.24, 2.45) is 0 Å². The normalized spacial score (nSPS) is 14.0. The van der Waals surface area contributed by atoms with Crippen molar-refractivity contribution in [3.8, 4) is 0 Å². The second kappa shape index (κ2) is 14.5. The number of para-hydroxylation sites is 1. The molecule has 1 fully saturated rings. The third kappa shape index (κ3) is 8.18. The number of nitrogens with one attached hydrogen (secondary N) is 3. The first-order valence-electron chi connectivity index (χ1n) is 13.9. The van der Waals surface area contributed by atoms with Gasteiger partial charge in [0.15, 0.2) is 0 Å². The summed E-state index contributed by atoms with van der Waals surface area (Å²) in [5, 5.41) is 8.48. The first-order chi connectivity index (χ1) is 20.2. The molecule has 1 atom stereocenters. The van der Waals surface area contributed by atoms with Gasteiger partial charge in [0.1, 0.15) is 12.6 Å². The maximum absolute atomic E-state index is 13.6. The highest BCUT2D eigenvalue weighted by Gasteiger charge is 2.30. The van der Waals surface area contributed by atoms with Crippen molar-refractivity contribution < 1.29 is 14.3 Å². The lowest BCUT2D eigenvalue weighted by Crippen LogP contribution is -2.55. The summed E-state index contributed by atoms with van der Waals surface area (Å²) in [6.45, 7) is 4.43. The van der Waals surface area contributed by atoms with Crippen LogP contribution in [-0.2, 0) is 35.5 Å². The van der Waals surface area contributed by atoms with E-state index < -0.39 is 12.1 Å². The van der Waals surface area contributed by atoms with Crippen LogP contribution in [-0.4, -0.2) is 65.6 Å². The molecule has 1 saturated heterocycles. The van der Waals surface area contributed by atoms with Crippen molar-refractivity contribution in [1.82, 2.24) is 25.5 Å². The molecule has 4 aromatic rings. The van der Waals surface area contributed by atoms with Crippen molar-refractivity contribution >= 4 is 29.0 Å². The predicted octanol–water partition coefficient (Wildman–Crippen LogP) is 3.99. The van der Waals surface area contributed by atoms with Crippen LogP contribution in [0.2, 0.25) is 0 Å². The summed E-state index contributed by atoms with van der Waals surface area (Å²) >= 11 is 1.79. The van der Waals surface area contributed by atoms with E-state index in [1.807, 2.05) is 35.2 Å². The molecule has 0 saturated carbocycles. The molecule has 3 N–H and O–H groups in total. The number of benzene rings is 2. The number of hydrogen-bond acceptors (Lipinski definition) is 7. The fourth-order valence-electron chi connectivity index (χ4n) is 4.97. The van der Waals surface area contributed by atoms with E-state index in [0.717, 1.165) is 30.8 Å². The molecule has 5 rings (SSSR count). The fourth-order valence-corrected chi connectivity index (χ4v) is 5.68. The summed E-state index contributed by atoms with van der Waals surface area (Å²) in [4.78, 5) is 38.9. The lowest BCUT2D eigenvalue weighted by atomic mass is 10.1. The van der Waals surface area contributed by atoms with Crippen LogP contribution in [0.5, 0.6) is 0 Å². The Bertz CT molecular complexity index is 1360. The Hall–Kier alpha value is -4.15. The van der Waals surface area contributed by atoms with Gasteiger partial charge in [-0.05, 0) is 35.1 Å². The second-order valence-electron chi connectivity index (χ2n) is 9.99. The Morgan fingerprint density at radius 3 is 2.56 bits per heavy atom. The number of hydrogen-bond donors (Lipinski definition) is 3. The molecule has 0 spiro atoms. The minimum absolute atomic E-state index is 0.126. The SMILES string of the molecule is O=C(N[C@H](Cc1cnc[nH]1)C(=O)N1CCN(c2ccccc2CNCCc2cccs2)CC1)OCc1ccccc1. The van der Waals surface area contributed by atoms with Crippen molar-refractivity contribution in [3.05, 3.63) is 106 Å². The zero-order valence-electron chi connectivity index (χ0n) is 23.0. The Morgan fingerprint density at radius 1 is 1.00 bits per heavy atom. The largest absolute Gasteiger partial charge is 0.445 e. The number of nitrogens with zero attached hydrogens (tertiary/aromatic N) is 3. The molecule has 0 unspecified atom stereocenters. The van der Waals surface area contributed by atoms with E-state index in [1.165, 1.54) is 16.1 Å². The molecule has 9 nitrogen and oxygen atoms in total. The zero-order chi connectivity index (χ0) is 28.3. The van der Waals surface area contributed by atoms with Gasteiger partial charge in [-0.3, -0.25) is 4.79 Å². The number of aromatic nitrogens is 2. The van der Waals surface area contributed by atoms with E-state index in [0.29, 0.717) is 32.6 Å². The third-order valence-electron chi connectivity index (χ3n) is 7.15. The molecule has 0 radical (unpaired) electrons. The average molecular weight is 573 g/mol. The van der Waals surface area contributed by atoms with Crippen molar-refractivity contribution in [3.63, 3.8) is 0 Å². The predicted molar refractivity (Wildman–Crippen MR) is 161 cm³/mol. The van der Waals surface area contributed by atoms with Crippen LogP contribution in [0.15, 0.2) is 84.6 Å². The van der Waals surface area contributed by atoms with Gasteiger partial charge in [-0.1, -0.05) is 54.6 Å². The molecule has 10 heteroatoms. The molecular weight excluding hydrogens is 536 g/mol. The number of rotatable bonds is 12. The van der Waals surface area contributed by atoms with Gasteiger partial charge >= 0.3 is 6.09 Å². The molecule has 0 aliphatic carbocycles. The van der Waals surface area contributed by atoms with Crippen LogP contribution < -0.4 is 15.5 Å². The number of ether oxygens (including phenoxy) is 1. The molecule has 0 bridgehead atoms. The smallest absolute Gasteiger partial charge is 0.408 e. The highest BCUT2D eigenvalue weighted by atomic mass is 32.1. The summed E-state index contributed by atoms with van der Waals surface area (Å²) < 4.78 is 5.40. The average Bonchev–Trinajstić information content (AvgIpc) is 3.73. The first kappa shape index (κ1) is 28.4. The number of alkyl carbamates (subject to hydrolysis) is 1. The first-order valence-corrected chi connectivity index (χ1v) is 14.8. The summed E-state index contributed by atoms with van der Waals surface area (Å²) in [7, 11) is 0. The maximum Gasteiger partial charge on any atom is 0.408 e. The van der Waals surface area contributed by atoms with Crippen molar-refractivity contribution in [2.45, 2.75) is 32.0 Å². The lowest BCUT2D eigenvalue weighted by molar-refractivity contribution is -0.133. The quantitative estimate of drug-likeness (QED) is 0.222. The second-order valence-corrected chi connectivity index (χ2v) is 11.0. The molecule has 2 amide bonds. The molecule has 1 aliphatic heterocycles. The Morgan fingerprint density at radius 2 is 1.80 bits per heavy atom. The summed E-state index contributed by atoms with van der Waals surface area (Å²) in [5.41, 5.74) is 4.09. The number of thiophene rings is 1. The van der Waals surface area contributed by atoms with Crippen LogP contribution >= 0.6 is 11.3 Å². The topological polar surface area (TPSA) is 103 Å². The molecule has 3 heterocycles. The Balaban J connectivity index is 1.15. The standard InChI is InChI=1S/C31H36N6O3S/c38-30(28(19-26-21-33-23-34-26)35-31(39)40-22-24-7-2-1-3-8-24)37-16-14-36(15-17-37)29-11-5-4-9-25(29)20-32-13-12-27-10-6-18-41-27/h1-11,18,21,23,28,32H,12-17,19-20,22H2,(H,33,34)(H,35,39)/t28-/m1/s1. The van der Waals surface area contributed by atoms with Crippen LogP contribution in [0.4, 0.5) is 10.5 Å². The van der Waals surface area contributed by atoms with Gasteiger partial charge in [0.05, 0.1) is 6.33 Å². The van der Waals surface area contributed by atoms with Gasteiger partial charge in [-0.15, -0.1) is 11.3 Å². The number of H-pyrrole nitrogens is 1. The minimum atomic E-state index is -0.759. The number of amides is 2. The number of anilines is 1. The highest BCUT2D eigenvalue weighted by molar-refractivity contribution is 7.09. The molecular formula is C31H36N6O3S. The van der Waals surface area contributed by atoms with Crippen LogP contribution in [0.1, 0.15) is 21.7 Å². The van der Waals surface area contributed by atoms with E-state index in [-0.39, 0.29) is 12.5 Å². The minimum Gasteiger partial charge on any atom is -0.445 e. The maximum atomic E-state index is 13.6. The summed E-state index contributed by atoms with van der Waals surface area (Å²) in [6, 6.07) is 21.4. The Kier molecular flexibility index (Phi) is 10.0. The van der Waals surface area contributed by atoms with Gasteiger partial charge in [-0.25, -0.2) is 9.78 Å². The van der Waals surface area contributed by atoms with E-state index >= 15 is 0 Å². The number of carbonyl (C=O) groups excluding carboxylic acids is 2. The molecule has 2 aromatic heterocycles. The van der Waals surface area contributed by atoms with Crippen LogP contribution in [0.25, 0.3) is 0 Å². The van der Waals surface area contributed by atoms with Crippen LogP contribution in [0, 0.1) is 0 Å². The van der Waals surface area contributed by atoms with Crippen molar-refractivity contribution in [1.29, 1.82) is 0 Å². The number of piperazine rings is 1. The third-order valence-corrected chi connectivity index (χ3v) is 8.09. The summed E-state index contributed by atoms with van der Waals surface area (Å²) in [5.74, 6) is -0.126.